The molecule has 1 aromatic rings. The average molecular weight is 319 g/mol. The van der Waals surface area contributed by atoms with E-state index in [1.807, 2.05) is 12.3 Å². The Morgan fingerprint density at radius 3 is 2.50 bits per heavy atom. The fourth-order valence-electron chi connectivity index (χ4n) is 2.18. The van der Waals surface area contributed by atoms with E-state index < -0.39 is 0 Å². The van der Waals surface area contributed by atoms with Crippen molar-refractivity contribution >= 4 is 31.9 Å². The van der Waals surface area contributed by atoms with Gasteiger partial charge >= 0.3 is 0 Å². The maximum absolute atomic E-state index is 4.30. The van der Waals surface area contributed by atoms with Crippen molar-refractivity contribution in [2.75, 3.05) is 0 Å². The quantitative estimate of drug-likeness (QED) is 0.687. The molecule has 1 nitrogen and oxygen atoms in total. The van der Waals surface area contributed by atoms with Gasteiger partial charge in [-0.25, -0.2) is 4.98 Å². The lowest BCUT2D eigenvalue weighted by Gasteiger charge is -2.23. The first-order chi connectivity index (χ1) is 6.79. The van der Waals surface area contributed by atoms with E-state index >= 15 is 0 Å². The van der Waals surface area contributed by atoms with Crippen LogP contribution in [-0.4, -0.2) is 4.98 Å². The molecule has 0 unspecified atom stereocenters. The van der Waals surface area contributed by atoms with Gasteiger partial charge in [-0.15, -0.1) is 0 Å². The molecule has 0 spiro atoms. The average Bonchev–Trinajstić information content (AvgIpc) is 2.19. The SMILES string of the molecule is Brc1ccnc(Br)c1C1CCCCC1. The minimum absolute atomic E-state index is 0.696. The summed E-state index contributed by atoms with van der Waals surface area (Å²) in [7, 11) is 0. The van der Waals surface area contributed by atoms with E-state index in [-0.39, 0.29) is 0 Å². The Hall–Kier alpha value is 0.110. The van der Waals surface area contributed by atoms with Gasteiger partial charge in [-0.3, -0.25) is 0 Å². The fraction of sp³-hybridized carbons (Fsp3) is 0.545. The molecule has 0 radical (unpaired) electrons. The van der Waals surface area contributed by atoms with Crippen LogP contribution in [0.25, 0.3) is 0 Å². The van der Waals surface area contributed by atoms with E-state index in [1.165, 1.54) is 42.1 Å². The van der Waals surface area contributed by atoms with E-state index in [0.29, 0.717) is 5.92 Å². The summed E-state index contributed by atoms with van der Waals surface area (Å²) in [5.41, 5.74) is 1.37. The van der Waals surface area contributed by atoms with Crippen LogP contribution in [0, 0.1) is 0 Å². The highest BCUT2D eigenvalue weighted by atomic mass is 79.9. The molecule has 1 aromatic heterocycles. The van der Waals surface area contributed by atoms with Gasteiger partial charge in [-0.2, -0.15) is 0 Å². The maximum Gasteiger partial charge on any atom is 0.110 e. The molecule has 0 aliphatic heterocycles. The summed E-state index contributed by atoms with van der Waals surface area (Å²) >= 11 is 7.15. The first-order valence-electron chi connectivity index (χ1n) is 5.09. The summed E-state index contributed by atoms with van der Waals surface area (Å²) in [6, 6.07) is 2.04. The number of pyridine rings is 1. The van der Waals surface area contributed by atoms with Gasteiger partial charge in [-0.1, -0.05) is 35.2 Å². The first kappa shape index (κ1) is 10.6. The predicted molar refractivity (Wildman–Crippen MR) is 65.5 cm³/mol. The molecule has 1 fully saturated rings. The lowest BCUT2D eigenvalue weighted by molar-refractivity contribution is 0.440. The largest absolute Gasteiger partial charge is 0.249 e. The molecule has 0 aromatic carbocycles. The van der Waals surface area contributed by atoms with Crippen LogP contribution in [-0.2, 0) is 0 Å². The van der Waals surface area contributed by atoms with Crippen LogP contribution in [0.5, 0.6) is 0 Å². The zero-order valence-electron chi connectivity index (χ0n) is 7.97. The second-order valence-corrected chi connectivity index (χ2v) is 5.44. The van der Waals surface area contributed by atoms with Crippen molar-refractivity contribution < 1.29 is 0 Å². The Bertz CT molecular complexity index is 299. The Morgan fingerprint density at radius 1 is 1.14 bits per heavy atom. The van der Waals surface area contributed by atoms with Crippen molar-refractivity contribution in [3.8, 4) is 0 Å². The standard InChI is InChI=1S/C11H13Br2N/c12-9-6-7-14-11(13)10(9)8-4-2-1-3-5-8/h6-8H,1-5H2. The lowest BCUT2D eigenvalue weighted by Crippen LogP contribution is -2.06. The molecular weight excluding hydrogens is 306 g/mol. The molecule has 3 heteroatoms. The Labute approximate surface area is 102 Å². The number of nitrogens with zero attached hydrogens (tertiary/aromatic N) is 1. The van der Waals surface area contributed by atoms with Gasteiger partial charge in [-0.05, 0) is 40.8 Å². The van der Waals surface area contributed by atoms with Gasteiger partial charge in [0.25, 0.3) is 0 Å². The van der Waals surface area contributed by atoms with Crippen LogP contribution in [0.1, 0.15) is 43.6 Å². The maximum atomic E-state index is 4.30. The molecule has 1 aliphatic carbocycles. The number of hydrogen-bond donors (Lipinski definition) is 0. The van der Waals surface area contributed by atoms with Crippen LogP contribution in [0.4, 0.5) is 0 Å². The normalized spacial score (nSPS) is 18.4. The molecule has 14 heavy (non-hydrogen) atoms. The van der Waals surface area contributed by atoms with Crippen molar-refractivity contribution in [3.05, 3.63) is 26.9 Å². The van der Waals surface area contributed by atoms with Crippen LogP contribution in [0.15, 0.2) is 21.3 Å². The Kier molecular flexibility index (Phi) is 3.61. The summed E-state index contributed by atoms with van der Waals surface area (Å²) in [5.74, 6) is 0.696. The number of halogens is 2. The molecule has 1 saturated carbocycles. The molecule has 0 amide bonds. The van der Waals surface area contributed by atoms with E-state index in [2.05, 4.69) is 36.8 Å². The molecule has 0 atom stereocenters. The molecule has 76 valence electrons. The van der Waals surface area contributed by atoms with E-state index in [1.54, 1.807) is 0 Å². The van der Waals surface area contributed by atoms with Crippen molar-refractivity contribution in [3.63, 3.8) is 0 Å². The molecule has 1 heterocycles. The number of aromatic nitrogens is 1. The van der Waals surface area contributed by atoms with E-state index in [0.717, 1.165) is 4.60 Å². The molecular formula is C11H13Br2N. The van der Waals surface area contributed by atoms with Crippen molar-refractivity contribution in [2.45, 2.75) is 38.0 Å². The van der Waals surface area contributed by atoms with Crippen LogP contribution in [0.2, 0.25) is 0 Å². The van der Waals surface area contributed by atoms with Crippen LogP contribution < -0.4 is 0 Å². The van der Waals surface area contributed by atoms with E-state index in [9.17, 15) is 0 Å². The third-order valence-electron chi connectivity index (χ3n) is 2.90. The van der Waals surface area contributed by atoms with Crippen molar-refractivity contribution in [1.29, 1.82) is 0 Å². The highest BCUT2D eigenvalue weighted by Crippen LogP contribution is 2.39. The Morgan fingerprint density at radius 2 is 1.86 bits per heavy atom. The first-order valence-corrected chi connectivity index (χ1v) is 6.67. The zero-order valence-corrected chi connectivity index (χ0v) is 11.1. The zero-order chi connectivity index (χ0) is 9.97. The fourth-order valence-corrected chi connectivity index (χ4v) is 3.73. The lowest BCUT2D eigenvalue weighted by atomic mass is 9.85. The summed E-state index contributed by atoms with van der Waals surface area (Å²) in [5, 5.41) is 0. The molecule has 0 bridgehead atoms. The minimum Gasteiger partial charge on any atom is -0.249 e. The van der Waals surface area contributed by atoms with Gasteiger partial charge in [0.15, 0.2) is 0 Å². The van der Waals surface area contributed by atoms with Gasteiger partial charge in [0.2, 0.25) is 0 Å². The van der Waals surface area contributed by atoms with Gasteiger partial charge in [0, 0.05) is 16.2 Å². The highest BCUT2D eigenvalue weighted by molar-refractivity contribution is 9.11. The second-order valence-electron chi connectivity index (χ2n) is 3.83. The van der Waals surface area contributed by atoms with Gasteiger partial charge in [0.1, 0.15) is 4.60 Å². The van der Waals surface area contributed by atoms with Crippen molar-refractivity contribution in [2.24, 2.45) is 0 Å². The number of hydrogen-bond acceptors (Lipinski definition) is 1. The van der Waals surface area contributed by atoms with Gasteiger partial charge in [0.05, 0.1) is 0 Å². The van der Waals surface area contributed by atoms with Gasteiger partial charge < -0.3 is 0 Å². The van der Waals surface area contributed by atoms with Crippen LogP contribution in [0.3, 0.4) is 0 Å². The minimum atomic E-state index is 0.696. The van der Waals surface area contributed by atoms with E-state index in [4.69, 9.17) is 0 Å². The molecule has 0 N–H and O–H groups in total. The monoisotopic (exact) mass is 317 g/mol. The number of rotatable bonds is 1. The smallest absolute Gasteiger partial charge is 0.110 e. The topological polar surface area (TPSA) is 12.9 Å². The summed E-state index contributed by atoms with van der Waals surface area (Å²) in [6.45, 7) is 0. The second kappa shape index (κ2) is 4.75. The molecule has 2 rings (SSSR count). The summed E-state index contributed by atoms with van der Waals surface area (Å²) in [6.07, 6.45) is 8.56. The molecule has 0 saturated heterocycles. The highest BCUT2D eigenvalue weighted by Gasteiger charge is 2.20. The predicted octanol–water partition coefficient (Wildman–Crippen LogP) is 4.65. The Balaban J connectivity index is 2.29. The van der Waals surface area contributed by atoms with Crippen molar-refractivity contribution in [1.82, 2.24) is 4.98 Å². The summed E-state index contributed by atoms with van der Waals surface area (Å²) < 4.78 is 2.21. The molecule has 1 aliphatic rings. The third-order valence-corrected chi connectivity index (χ3v) is 4.23. The van der Waals surface area contributed by atoms with Crippen LogP contribution >= 0.6 is 31.9 Å². The third kappa shape index (κ3) is 2.19. The summed E-state index contributed by atoms with van der Waals surface area (Å²) in [4.78, 5) is 4.30.